The summed E-state index contributed by atoms with van der Waals surface area (Å²) >= 11 is 0. The van der Waals surface area contributed by atoms with Crippen molar-refractivity contribution in [3.63, 3.8) is 0 Å². The number of carbonyl (C=O) groups excluding carboxylic acids is 1. The number of benzene rings is 1. The molecule has 96 valence electrons. The van der Waals surface area contributed by atoms with Crippen LogP contribution in [0.4, 0.5) is 0 Å². The molecule has 1 aromatic rings. The number of carbonyl (C=O) groups is 1. The molecular weight excluding hydrogens is 226 g/mol. The van der Waals surface area contributed by atoms with Crippen molar-refractivity contribution < 1.29 is 9.90 Å². The molecule has 0 radical (unpaired) electrons. The zero-order valence-corrected chi connectivity index (χ0v) is 10.8. The number of nitrogens with one attached hydrogen (secondary N) is 1. The first-order valence-electron chi connectivity index (χ1n) is 6.28. The molecule has 0 saturated heterocycles. The Kier molecular flexibility index (Phi) is 3.82. The van der Waals surface area contributed by atoms with Crippen molar-refractivity contribution >= 4 is 12.0 Å². The van der Waals surface area contributed by atoms with Gasteiger partial charge in [0.2, 0.25) is 5.91 Å². The van der Waals surface area contributed by atoms with Gasteiger partial charge in [0.1, 0.15) is 0 Å². The van der Waals surface area contributed by atoms with Crippen LogP contribution in [-0.4, -0.2) is 23.2 Å². The third-order valence-electron chi connectivity index (χ3n) is 3.30. The number of hydrogen-bond acceptors (Lipinski definition) is 2. The van der Waals surface area contributed by atoms with Gasteiger partial charge in [-0.25, -0.2) is 0 Å². The second kappa shape index (κ2) is 5.36. The van der Waals surface area contributed by atoms with Crippen LogP contribution >= 0.6 is 0 Å². The lowest BCUT2D eigenvalue weighted by Crippen LogP contribution is -2.46. The average molecular weight is 245 g/mol. The van der Waals surface area contributed by atoms with Crippen LogP contribution in [0.1, 0.15) is 29.5 Å². The highest BCUT2D eigenvalue weighted by Gasteiger charge is 2.27. The molecule has 1 amide bonds. The summed E-state index contributed by atoms with van der Waals surface area (Å²) in [6, 6.07) is 6.28. The predicted octanol–water partition coefficient (Wildman–Crippen LogP) is 1.96. The van der Waals surface area contributed by atoms with Crippen LogP contribution < -0.4 is 5.32 Å². The van der Waals surface area contributed by atoms with Crippen LogP contribution in [-0.2, 0) is 4.79 Å². The van der Waals surface area contributed by atoms with Gasteiger partial charge in [-0.2, -0.15) is 0 Å². The fourth-order valence-electron chi connectivity index (χ4n) is 2.13. The minimum Gasteiger partial charge on any atom is -0.393 e. The summed E-state index contributed by atoms with van der Waals surface area (Å²) < 4.78 is 0. The van der Waals surface area contributed by atoms with E-state index in [1.807, 2.05) is 25.1 Å². The summed E-state index contributed by atoms with van der Waals surface area (Å²) in [7, 11) is 0. The van der Waals surface area contributed by atoms with Gasteiger partial charge in [-0.15, -0.1) is 0 Å². The molecule has 0 spiro atoms. The van der Waals surface area contributed by atoms with E-state index < -0.39 is 0 Å². The quantitative estimate of drug-likeness (QED) is 0.800. The molecule has 1 saturated carbocycles. The van der Waals surface area contributed by atoms with E-state index in [4.69, 9.17) is 5.11 Å². The summed E-state index contributed by atoms with van der Waals surface area (Å²) in [5, 5.41) is 12.0. The van der Waals surface area contributed by atoms with Gasteiger partial charge >= 0.3 is 0 Å². The van der Waals surface area contributed by atoms with Gasteiger partial charge in [-0.1, -0.05) is 23.8 Å². The lowest BCUT2D eigenvalue weighted by molar-refractivity contribution is -0.118. The first kappa shape index (κ1) is 12.8. The summed E-state index contributed by atoms with van der Waals surface area (Å²) in [6.07, 6.45) is 4.49. The number of hydrogen-bond donors (Lipinski definition) is 2. The van der Waals surface area contributed by atoms with Gasteiger partial charge in [0.25, 0.3) is 0 Å². The fourth-order valence-corrected chi connectivity index (χ4v) is 2.13. The highest BCUT2D eigenvalue weighted by Crippen LogP contribution is 2.19. The van der Waals surface area contributed by atoms with Crippen LogP contribution in [0.5, 0.6) is 0 Å². The molecule has 0 heterocycles. The third kappa shape index (κ3) is 3.20. The minimum atomic E-state index is -0.237. The lowest BCUT2D eigenvalue weighted by Gasteiger charge is -2.31. The summed E-state index contributed by atoms with van der Waals surface area (Å²) in [4.78, 5) is 11.6. The normalized spacial score (nSPS) is 22.8. The van der Waals surface area contributed by atoms with E-state index in [0.717, 1.165) is 11.1 Å². The van der Waals surface area contributed by atoms with Crippen molar-refractivity contribution in [3.8, 4) is 0 Å². The highest BCUT2D eigenvalue weighted by molar-refractivity contribution is 5.92. The van der Waals surface area contributed by atoms with Gasteiger partial charge in [-0.3, -0.25) is 4.79 Å². The van der Waals surface area contributed by atoms with E-state index in [1.165, 1.54) is 5.56 Å². The zero-order chi connectivity index (χ0) is 13.1. The number of aliphatic hydroxyl groups is 1. The van der Waals surface area contributed by atoms with Crippen molar-refractivity contribution in [2.75, 3.05) is 0 Å². The Hall–Kier alpha value is -1.61. The minimum absolute atomic E-state index is 0.0909. The number of rotatable bonds is 3. The lowest BCUT2D eigenvalue weighted by atomic mass is 9.89. The molecule has 3 heteroatoms. The van der Waals surface area contributed by atoms with E-state index in [9.17, 15) is 4.79 Å². The first-order chi connectivity index (χ1) is 8.54. The number of aliphatic hydroxyl groups excluding tert-OH is 1. The molecule has 0 atom stereocenters. The Labute approximate surface area is 108 Å². The smallest absolute Gasteiger partial charge is 0.244 e. The van der Waals surface area contributed by atoms with Crippen LogP contribution in [0.3, 0.4) is 0 Å². The van der Waals surface area contributed by atoms with Gasteiger partial charge in [-0.05, 0) is 43.9 Å². The molecule has 0 aromatic heterocycles. The van der Waals surface area contributed by atoms with Crippen LogP contribution in [0.25, 0.3) is 6.08 Å². The summed E-state index contributed by atoms with van der Waals surface area (Å²) in [5.74, 6) is -0.0909. The van der Waals surface area contributed by atoms with Crippen molar-refractivity contribution in [2.24, 2.45) is 0 Å². The van der Waals surface area contributed by atoms with Crippen molar-refractivity contribution in [3.05, 3.63) is 41.0 Å². The maximum Gasteiger partial charge on any atom is 0.244 e. The molecule has 1 aliphatic carbocycles. The van der Waals surface area contributed by atoms with Gasteiger partial charge in [0.15, 0.2) is 0 Å². The molecule has 0 unspecified atom stereocenters. The molecule has 1 aliphatic rings. The van der Waals surface area contributed by atoms with Crippen LogP contribution in [0.2, 0.25) is 0 Å². The first-order valence-corrected chi connectivity index (χ1v) is 6.28. The Morgan fingerprint density at radius 2 is 2.11 bits per heavy atom. The van der Waals surface area contributed by atoms with E-state index in [1.54, 1.807) is 6.08 Å². The Morgan fingerprint density at radius 1 is 1.39 bits per heavy atom. The molecule has 0 aliphatic heterocycles. The SMILES string of the molecule is Cc1ccc(C=CC(=O)NC2CC(O)C2)c(C)c1. The second-order valence-corrected chi connectivity index (χ2v) is 5.02. The Morgan fingerprint density at radius 3 is 2.72 bits per heavy atom. The van der Waals surface area contributed by atoms with E-state index in [-0.39, 0.29) is 18.1 Å². The maximum absolute atomic E-state index is 11.6. The molecule has 0 bridgehead atoms. The maximum atomic E-state index is 11.6. The van der Waals surface area contributed by atoms with Crippen molar-refractivity contribution in [1.29, 1.82) is 0 Å². The Balaban J connectivity index is 1.91. The molecule has 1 fully saturated rings. The highest BCUT2D eigenvalue weighted by atomic mass is 16.3. The van der Waals surface area contributed by atoms with Gasteiger partial charge < -0.3 is 10.4 Å². The zero-order valence-electron chi connectivity index (χ0n) is 10.8. The van der Waals surface area contributed by atoms with Crippen LogP contribution in [0.15, 0.2) is 24.3 Å². The average Bonchev–Trinajstić information content (AvgIpc) is 2.26. The van der Waals surface area contributed by atoms with E-state index in [2.05, 4.69) is 18.3 Å². The number of amides is 1. The topological polar surface area (TPSA) is 49.3 Å². The molecule has 18 heavy (non-hydrogen) atoms. The second-order valence-electron chi connectivity index (χ2n) is 5.02. The largest absolute Gasteiger partial charge is 0.393 e. The summed E-state index contributed by atoms with van der Waals surface area (Å²) in [5.41, 5.74) is 3.44. The van der Waals surface area contributed by atoms with Crippen molar-refractivity contribution in [1.82, 2.24) is 5.32 Å². The van der Waals surface area contributed by atoms with E-state index >= 15 is 0 Å². The molecule has 1 aromatic carbocycles. The molecular formula is C15H19NO2. The van der Waals surface area contributed by atoms with Crippen LogP contribution in [0, 0.1) is 13.8 Å². The fraction of sp³-hybridized carbons (Fsp3) is 0.400. The molecule has 3 nitrogen and oxygen atoms in total. The molecule has 2 rings (SSSR count). The van der Waals surface area contributed by atoms with Crippen molar-refractivity contribution in [2.45, 2.75) is 38.8 Å². The Bertz CT molecular complexity index is 473. The summed E-state index contributed by atoms with van der Waals surface area (Å²) in [6.45, 7) is 4.09. The third-order valence-corrected chi connectivity index (χ3v) is 3.30. The standard InChI is InChI=1S/C15H19NO2/c1-10-3-4-12(11(2)7-10)5-6-15(18)16-13-8-14(17)9-13/h3-7,13-14,17H,8-9H2,1-2H3,(H,16,18). The number of aryl methyl sites for hydroxylation is 2. The van der Waals surface area contributed by atoms with Gasteiger partial charge in [0.05, 0.1) is 6.10 Å². The van der Waals surface area contributed by atoms with E-state index in [0.29, 0.717) is 12.8 Å². The molecule has 2 N–H and O–H groups in total. The predicted molar refractivity (Wildman–Crippen MR) is 72.1 cm³/mol. The van der Waals surface area contributed by atoms with Gasteiger partial charge in [0, 0.05) is 12.1 Å². The monoisotopic (exact) mass is 245 g/mol.